The highest BCUT2D eigenvalue weighted by Crippen LogP contribution is 2.29. The fourth-order valence-electron chi connectivity index (χ4n) is 1.94. The molecule has 0 fully saturated rings. The Morgan fingerprint density at radius 2 is 1.71 bits per heavy atom. The summed E-state index contributed by atoms with van der Waals surface area (Å²) in [5.74, 6) is 7.37. The highest BCUT2D eigenvalue weighted by molar-refractivity contribution is 7.98. The maximum Gasteiger partial charge on any atom is 0.210 e. The summed E-state index contributed by atoms with van der Waals surface area (Å²) >= 11 is 1.50. The number of para-hydroxylation sites is 1. The largest absolute Gasteiger partial charge is 0.507 e. The third-order valence-electron chi connectivity index (χ3n) is 3.02. The summed E-state index contributed by atoms with van der Waals surface area (Å²) in [6, 6.07) is 17.0. The summed E-state index contributed by atoms with van der Waals surface area (Å²) in [5, 5.41) is 18.6. The van der Waals surface area contributed by atoms with Gasteiger partial charge in [0.1, 0.15) is 5.75 Å². The zero-order valence-corrected chi connectivity index (χ0v) is 12.0. The lowest BCUT2D eigenvalue weighted by Crippen LogP contribution is -2.11. The average molecular weight is 298 g/mol. The van der Waals surface area contributed by atoms with Crippen molar-refractivity contribution >= 4 is 11.8 Å². The highest BCUT2D eigenvalue weighted by Gasteiger charge is 2.14. The van der Waals surface area contributed by atoms with Crippen molar-refractivity contribution in [3.05, 3.63) is 60.2 Å². The molecule has 0 spiro atoms. The van der Waals surface area contributed by atoms with Crippen molar-refractivity contribution in [1.29, 1.82) is 0 Å². The fraction of sp³-hybridized carbons (Fsp3) is 0.0667. The third kappa shape index (κ3) is 2.85. The van der Waals surface area contributed by atoms with Crippen LogP contribution in [0.2, 0.25) is 0 Å². The summed E-state index contributed by atoms with van der Waals surface area (Å²) in [5.41, 5.74) is 1.76. The Morgan fingerprint density at radius 3 is 2.48 bits per heavy atom. The molecular weight excluding hydrogens is 284 g/mol. The lowest BCUT2D eigenvalue weighted by molar-refractivity contribution is 0.476. The van der Waals surface area contributed by atoms with Crippen molar-refractivity contribution in [1.82, 2.24) is 14.9 Å². The SMILES string of the molecule is Nn1c(SCc2ccccc2)nnc1-c1ccccc1O. The molecule has 106 valence electrons. The minimum absolute atomic E-state index is 0.135. The standard InChI is InChI=1S/C15H14N4OS/c16-19-14(12-8-4-5-9-13(12)20)17-18-15(19)21-10-11-6-2-1-3-7-11/h1-9,20H,10,16H2. The maximum absolute atomic E-state index is 9.86. The molecule has 2 aromatic carbocycles. The minimum atomic E-state index is 0.135. The third-order valence-corrected chi connectivity index (χ3v) is 4.03. The van der Waals surface area contributed by atoms with Crippen molar-refractivity contribution in [3.63, 3.8) is 0 Å². The predicted octanol–water partition coefficient (Wildman–Crippen LogP) is 2.66. The van der Waals surface area contributed by atoms with Gasteiger partial charge in [-0.05, 0) is 17.7 Å². The summed E-state index contributed by atoms with van der Waals surface area (Å²) in [4.78, 5) is 0. The molecule has 3 N–H and O–H groups in total. The van der Waals surface area contributed by atoms with E-state index in [2.05, 4.69) is 10.2 Å². The van der Waals surface area contributed by atoms with Crippen LogP contribution in [0.25, 0.3) is 11.4 Å². The molecule has 0 amide bonds. The van der Waals surface area contributed by atoms with E-state index in [4.69, 9.17) is 5.84 Å². The van der Waals surface area contributed by atoms with E-state index in [1.165, 1.54) is 22.0 Å². The Kier molecular flexibility index (Phi) is 3.79. The van der Waals surface area contributed by atoms with Crippen LogP contribution in [-0.2, 0) is 5.75 Å². The van der Waals surface area contributed by atoms with Crippen LogP contribution in [0.15, 0.2) is 59.8 Å². The predicted molar refractivity (Wildman–Crippen MR) is 83.3 cm³/mol. The van der Waals surface area contributed by atoms with E-state index >= 15 is 0 Å². The van der Waals surface area contributed by atoms with E-state index in [1.807, 2.05) is 36.4 Å². The van der Waals surface area contributed by atoms with Crippen molar-refractivity contribution in [2.45, 2.75) is 10.9 Å². The van der Waals surface area contributed by atoms with Crippen LogP contribution in [0, 0.1) is 0 Å². The van der Waals surface area contributed by atoms with Crippen molar-refractivity contribution < 1.29 is 5.11 Å². The van der Waals surface area contributed by atoms with Crippen LogP contribution in [0.1, 0.15) is 5.56 Å². The Bertz CT molecular complexity index is 742. The number of aromatic nitrogens is 3. The quantitative estimate of drug-likeness (QED) is 0.572. The first-order valence-corrected chi connectivity index (χ1v) is 7.40. The minimum Gasteiger partial charge on any atom is -0.507 e. The van der Waals surface area contributed by atoms with Gasteiger partial charge >= 0.3 is 0 Å². The van der Waals surface area contributed by atoms with Crippen LogP contribution >= 0.6 is 11.8 Å². The number of aromatic hydroxyl groups is 1. The molecule has 0 bridgehead atoms. The molecule has 0 aliphatic carbocycles. The molecule has 6 heteroatoms. The van der Waals surface area contributed by atoms with Gasteiger partial charge in [0.2, 0.25) is 5.16 Å². The molecule has 3 rings (SSSR count). The number of phenols is 1. The number of benzene rings is 2. The molecule has 0 unspecified atom stereocenters. The molecule has 1 heterocycles. The van der Waals surface area contributed by atoms with E-state index < -0.39 is 0 Å². The Hall–Kier alpha value is -2.47. The molecule has 5 nitrogen and oxygen atoms in total. The Morgan fingerprint density at radius 1 is 1.00 bits per heavy atom. The van der Waals surface area contributed by atoms with Gasteiger partial charge in [0.25, 0.3) is 0 Å². The second-order valence-corrected chi connectivity index (χ2v) is 5.41. The summed E-state index contributed by atoms with van der Waals surface area (Å²) < 4.78 is 1.41. The van der Waals surface area contributed by atoms with E-state index in [9.17, 15) is 5.11 Å². The first-order valence-electron chi connectivity index (χ1n) is 6.41. The van der Waals surface area contributed by atoms with Gasteiger partial charge in [0.15, 0.2) is 5.82 Å². The average Bonchev–Trinajstić information content (AvgIpc) is 2.88. The number of phenolic OH excluding ortho intramolecular Hbond substituents is 1. The molecule has 0 radical (unpaired) electrons. The molecular formula is C15H14N4OS. The summed E-state index contributed by atoms with van der Waals surface area (Å²) in [7, 11) is 0. The van der Waals surface area contributed by atoms with Gasteiger partial charge in [-0.3, -0.25) is 0 Å². The Labute approximate surface area is 126 Å². The van der Waals surface area contributed by atoms with Gasteiger partial charge in [-0.2, -0.15) is 0 Å². The number of hydrogen-bond donors (Lipinski definition) is 2. The first-order chi connectivity index (χ1) is 10.3. The maximum atomic E-state index is 9.86. The topological polar surface area (TPSA) is 77.0 Å². The summed E-state index contributed by atoms with van der Waals surface area (Å²) in [6.45, 7) is 0. The molecule has 0 aliphatic heterocycles. The molecule has 0 saturated carbocycles. The van der Waals surface area contributed by atoms with Crippen molar-refractivity contribution in [2.24, 2.45) is 0 Å². The summed E-state index contributed by atoms with van der Waals surface area (Å²) in [6.07, 6.45) is 0. The first kappa shape index (κ1) is 13.5. The molecule has 0 atom stereocenters. The molecule has 3 aromatic rings. The zero-order chi connectivity index (χ0) is 14.7. The van der Waals surface area contributed by atoms with Gasteiger partial charge in [0, 0.05) is 5.75 Å². The molecule has 0 saturated heterocycles. The number of nitrogen functional groups attached to an aromatic ring is 1. The van der Waals surface area contributed by atoms with Gasteiger partial charge in [0.05, 0.1) is 5.56 Å². The number of thioether (sulfide) groups is 1. The van der Waals surface area contributed by atoms with Gasteiger partial charge in [-0.1, -0.05) is 54.2 Å². The monoisotopic (exact) mass is 298 g/mol. The van der Waals surface area contributed by atoms with Gasteiger partial charge < -0.3 is 10.9 Å². The van der Waals surface area contributed by atoms with Crippen molar-refractivity contribution in [2.75, 3.05) is 5.84 Å². The zero-order valence-electron chi connectivity index (χ0n) is 11.2. The number of nitrogens with two attached hydrogens (primary N) is 1. The van der Waals surface area contributed by atoms with E-state index in [1.54, 1.807) is 18.2 Å². The van der Waals surface area contributed by atoms with Crippen molar-refractivity contribution in [3.8, 4) is 17.1 Å². The lowest BCUT2D eigenvalue weighted by Gasteiger charge is -2.05. The van der Waals surface area contributed by atoms with Gasteiger partial charge in [-0.25, -0.2) is 4.68 Å². The van der Waals surface area contributed by atoms with Crippen LogP contribution in [0.4, 0.5) is 0 Å². The van der Waals surface area contributed by atoms with E-state index in [-0.39, 0.29) is 5.75 Å². The molecule has 21 heavy (non-hydrogen) atoms. The normalized spacial score (nSPS) is 10.7. The van der Waals surface area contributed by atoms with E-state index in [0.717, 1.165) is 5.75 Å². The van der Waals surface area contributed by atoms with Crippen LogP contribution < -0.4 is 5.84 Å². The number of hydrogen-bond acceptors (Lipinski definition) is 5. The van der Waals surface area contributed by atoms with Crippen LogP contribution in [0.5, 0.6) is 5.75 Å². The second kappa shape index (κ2) is 5.88. The van der Waals surface area contributed by atoms with Crippen LogP contribution in [0.3, 0.4) is 0 Å². The lowest BCUT2D eigenvalue weighted by atomic mass is 10.2. The van der Waals surface area contributed by atoms with E-state index in [0.29, 0.717) is 16.5 Å². The van der Waals surface area contributed by atoms with Gasteiger partial charge in [-0.15, -0.1) is 10.2 Å². The number of rotatable bonds is 4. The second-order valence-electron chi connectivity index (χ2n) is 4.47. The molecule has 0 aliphatic rings. The molecule has 1 aromatic heterocycles. The highest BCUT2D eigenvalue weighted by atomic mass is 32.2. The smallest absolute Gasteiger partial charge is 0.210 e. The van der Waals surface area contributed by atoms with Crippen LogP contribution in [-0.4, -0.2) is 20.0 Å². The fourth-order valence-corrected chi connectivity index (χ4v) is 2.76. The number of nitrogens with zero attached hydrogens (tertiary/aromatic N) is 3. The Balaban J connectivity index is 1.82.